The lowest BCUT2D eigenvalue weighted by Crippen LogP contribution is -2.47. The first-order valence-corrected chi connectivity index (χ1v) is 6.56. The molecule has 2 rings (SSSR count). The summed E-state index contributed by atoms with van der Waals surface area (Å²) in [7, 11) is 1.69. The SMILES string of the molecule is COC1CC(NC(=O)c2ccc(Cl)c(Br)c2)C1. The molecule has 1 aromatic rings. The molecule has 1 aromatic carbocycles. The molecule has 0 unspecified atom stereocenters. The van der Waals surface area contributed by atoms with E-state index in [1.54, 1.807) is 25.3 Å². The standard InChI is InChI=1S/C12H13BrClNO2/c1-17-9-5-8(6-9)15-12(16)7-2-3-11(14)10(13)4-7/h2-4,8-9H,5-6H2,1H3,(H,15,16). The van der Waals surface area contributed by atoms with E-state index in [1.165, 1.54) is 0 Å². The summed E-state index contributed by atoms with van der Waals surface area (Å²) in [6.45, 7) is 0. The van der Waals surface area contributed by atoms with Crippen LogP contribution in [-0.2, 0) is 4.74 Å². The van der Waals surface area contributed by atoms with E-state index in [4.69, 9.17) is 16.3 Å². The van der Waals surface area contributed by atoms with Gasteiger partial charge in [-0.2, -0.15) is 0 Å². The first-order valence-electron chi connectivity index (χ1n) is 5.39. The summed E-state index contributed by atoms with van der Waals surface area (Å²) >= 11 is 9.17. The normalized spacial score (nSPS) is 23.0. The molecule has 1 fully saturated rings. The molecule has 0 aliphatic heterocycles. The lowest BCUT2D eigenvalue weighted by Gasteiger charge is -2.34. The monoisotopic (exact) mass is 317 g/mol. The van der Waals surface area contributed by atoms with E-state index in [9.17, 15) is 4.79 Å². The molecule has 5 heteroatoms. The van der Waals surface area contributed by atoms with Crippen molar-refractivity contribution >= 4 is 33.4 Å². The maximum atomic E-state index is 11.9. The number of halogens is 2. The van der Waals surface area contributed by atoms with Gasteiger partial charge >= 0.3 is 0 Å². The van der Waals surface area contributed by atoms with Gasteiger partial charge in [-0.05, 0) is 47.0 Å². The third kappa shape index (κ3) is 3.00. The summed E-state index contributed by atoms with van der Waals surface area (Å²) in [6.07, 6.45) is 2.06. The summed E-state index contributed by atoms with van der Waals surface area (Å²) in [5.74, 6) is -0.0677. The minimum absolute atomic E-state index is 0.0677. The Morgan fingerprint density at radius 2 is 2.24 bits per heavy atom. The third-order valence-corrected chi connectivity index (χ3v) is 4.16. The van der Waals surface area contributed by atoms with Gasteiger partial charge < -0.3 is 10.1 Å². The van der Waals surface area contributed by atoms with E-state index in [1.807, 2.05) is 0 Å². The van der Waals surface area contributed by atoms with Gasteiger partial charge in [0.25, 0.3) is 5.91 Å². The summed E-state index contributed by atoms with van der Waals surface area (Å²) < 4.78 is 5.89. The molecule has 1 aliphatic rings. The molecule has 1 amide bonds. The van der Waals surface area contributed by atoms with Crippen molar-refractivity contribution in [2.24, 2.45) is 0 Å². The summed E-state index contributed by atoms with van der Waals surface area (Å²) in [5, 5.41) is 3.56. The minimum Gasteiger partial charge on any atom is -0.381 e. The fraction of sp³-hybridized carbons (Fsp3) is 0.417. The molecule has 0 atom stereocenters. The summed E-state index contributed by atoms with van der Waals surface area (Å²) in [5.41, 5.74) is 0.613. The predicted molar refractivity (Wildman–Crippen MR) is 70.4 cm³/mol. The highest BCUT2D eigenvalue weighted by Gasteiger charge is 2.30. The van der Waals surface area contributed by atoms with Crippen LogP contribution in [0.5, 0.6) is 0 Å². The largest absolute Gasteiger partial charge is 0.381 e. The van der Waals surface area contributed by atoms with E-state index in [0.717, 1.165) is 17.3 Å². The van der Waals surface area contributed by atoms with Crippen LogP contribution in [0.25, 0.3) is 0 Å². The number of amides is 1. The molecule has 17 heavy (non-hydrogen) atoms. The van der Waals surface area contributed by atoms with Crippen LogP contribution in [0.1, 0.15) is 23.2 Å². The highest BCUT2D eigenvalue weighted by Crippen LogP contribution is 2.25. The van der Waals surface area contributed by atoms with Crippen LogP contribution in [-0.4, -0.2) is 25.2 Å². The van der Waals surface area contributed by atoms with Crippen molar-refractivity contribution in [2.45, 2.75) is 25.0 Å². The average molecular weight is 319 g/mol. The molecule has 0 spiro atoms. The molecule has 0 saturated heterocycles. The topological polar surface area (TPSA) is 38.3 Å². The lowest BCUT2D eigenvalue weighted by atomic mass is 9.89. The van der Waals surface area contributed by atoms with Crippen LogP contribution in [0.3, 0.4) is 0 Å². The van der Waals surface area contributed by atoms with E-state index < -0.39 is 0 Å². The Morgan fingerprint density at radius 3 is 2.82 bits per heavy atom. The number of ether oxygens (including phenoxy) is 1. The molecule has 0 radical (unpaired) electrons. The third-order valence-electron chi connectivity index (χ3n) is 2.95. The first-order chi connectivity index (χ1) is 8.10. The van der Waals surface area contributed by atoms with Gasteiger partial charge in [0.1, 0.15) is 0 Å². The molecule has 0 aromatic heterocycles. The highest BCUT2D eigenvalue weighted by atomic mass is 79.9. The van der Waals surface area contributed by atoms with Crippen molar-refractivity contribution < 1.29 is 9.53 Å². The van der Waals surface area contributed by atoms with Crippen LogP contribution in [0, 0.1) is 0 Å². The molecule has 0 heterocycles. The molecule has 1 aliphatic carbocycles. The van der Waals surface area contributed by atoms with E-state index in [-0.39, 0.29) is 18.1 Å². The van der Waals surface area contributed by atoms with Gasteiger partial charge in [0, 0.05) is 23.2 Å². The van der Waals surface area contributed by atoms with Gasteiger partial charge in [0.2, 0.25) is 0 Å². The fourth-order valence-electron chi connectivity index (χ4n) is 1.78. The zero-order chi connectivity index (χ0) is 12.4. The smallest absolute Gasteiger partial charge is 0.251 e. The maximum Gasteiger partial charge on any atom is 0.251 e. The second-order valence-electron chi connectivity index (χ2n) is 4.13. The van der Waals surface area contributed by atoms with Crippen LogP contribution in [0.2, 0.25) is 5.02 Å². The number of methoxy groups -OCH3 is 1. The van der Waals surface area contributed by atoms with E-state index >= 15 is 0 Å². The Kier molecular flexibility index (Phi) is 4.07. The van der Waals surface area contributed by atoms with Crippen molar-refractivity contribution in [1.29, 1.82) is 0 Å². The quantitative estimate of drug-likeness (QED) is 0.930. The molecule has 92 valence electrons. The number of hydrogen-bond acceptors (Lipinski definition) is 2. The predicted octanol–water partition coefficient (Wildman–Crippen LogP) is 3.01. The Bertz CT molecular complexity index is 433. The van der Waals surface area contributed by atoms with Gasteiger partial charge in [0.15, 0.2) is 0 Å². The zero-order valence-corrected chi connectivity index (χ0v) is 11.7. The van der Waals surface area contributed by atoms with Gasteiger partial charge in [-0.1, -0.05) is 11.6 Å². The van der Waals surface area contributed by atoms with Gasteiger partial charge in [-0.25, -0.2) is 0 Å². The van der Waals surface area contributed by atoms with Gasteiger partial charge in [-0.15, -0.1) is 0 Å². The molecule has 1 saturated carbocycles. The maximum absolute atomic E-state index is 11.9. The Balaban J connectivity index is 1.94. The van der Waals surface area contributed by atoms with Crippen LogP contribution in [0.15, 0.2) is 22.7 Å². The fourth-order valence-corrected chi connectivity index (χ4v) is 2.28. The van der Waals surface area contributed by atoms with E-state index in [0.29, 0.717) is 10.6 Å². The van der Waals surface area contributed by atoms with Crippen molar-refractivity contribution in [3.05, 3.63) is 33.3 Å². The highest BCUT2D eigenvalue weighted by molar-refractivity contribution is 9.10. The van der Waals surface area contributed by atoms with Crippen LogP contribution >= 0.6 is 27.5 Å². The number of nitrogens with one attached hydrogen (secondary N) is 1. The zero-order valence-electron chi connectivity index (χ0n) is 9.37. The van der Waals surface area contributed by atoms with Crippen molar-refractivity contribution in [1.82, 2.24) is 5.32 Å². The molecule has 0 bridgehead atoms. The molecule has 3 nitrogen and oxygen atoms in total. The summed E-state index contributed by atoms with van der Waals surface area (Å²) in [4.78, 5) is 11.9. The van der Waals surface area contributed by atoms with Crippen molar-refractivity contribution in [2.75, 3.05) is 7.11 Å². The van der Waals surface area contributed by atoms with Crippen LogP contribution in [0.4, 0.5) is 0 Å². The second kappa shape index (κ2) is 5.38. The number of hydrogen-bond donors (Lipinski definition) is 1. The van der Waals surface area contributed by atoms with Gasteiger partial charge in [0.05, 0.1) is 11.1 Å². The first kappa shape index (κ1) is 12.9. The Labute approximate surface area is 114 Å². The van der Waals surface area contributed by atoms with Crippen LogP contribution < -0.4 is 5.32 Å². The number of carbonyl (C=O) groups excluding carboxylic acids is 1. The van der Waals surface area contributed by atoms with E-state index in [2.05, 4.69) is 21.2 Å². The number of carbonyl (C=O) groups is 1. The minimum atomic E-state index is -0.0677. The molecular weight excluding hydrogens is 305 g/mol. The number of benzene rings is 1. The Morgan fingerprint density at radius 1 is 1.53 bits per heavy atom. The molecule has 1 N–H and O–H groups in total. The Hall–Kier alpha value is -0.580. The number of rotatable bonds is 3. The van der Waals surface area contributed by atoms with Crippen molar-refractivity contribution in [3.8, 4) is 0 Å². The summed E-state index contributed by atoms with van der Waals surface area (Å²) in [6, 6.07) is 5.38. The average Bonchev–Trinajstić information content (AvgIpc) is 2.26. The lowest BCUT2D eigenvalue weighted by molar-refractivity contribution is 0.0176. The second-order valence-corrected chi connectivity index (χ2v) is 5.39. The van der Waals surface area contributed by atoms with Crippen molar-refractivity contribution in [3.63, 3.8) is 0 Å². The van der Waals surface area contributed by atoms with Gasteiger partial charge in [-0.3, -0.25) is 4.79 Å². The molecular formula is C12H13BrClNO2.